The summed E-state index contributed by atoms with van der Waals surface area (Å²) in [5.74, 6) is 0. The Kier molecular flexibility index (Phi) is 5.74. The minimum absolute atomic E-state index is 0.865. The highest BCUT2D eigenvalue weighted by molar-refractivity contribution is 5.72. The summed E-state index contributed by atoms with van der Waals surface area (Å²) in [7, 11) is 0. The van der Waals surface area contributed by atoms with Crippen molar-refractivity contribution in [2.45, 2.75) is 26.7 Å². The van der Waals surface area contributed by atoms with Crippen LogP contribution in [0.25, 0.3) is 0 Å². The van der Waals surface area contributed by atoms with Crippen LogP contribution in [0.2, 0.25) is 0 Å². The number of hydrogen-bond acceptors (Lipinski definition) is 1. The normalized spacial score (nSPS) is 12.4. The molecule has 0 amide bonds. The lowest BCUT2D eigenvalue weighted by atomic mass is 10.1. The summed E-state index contributed by atoms with van der Waals surface area (Å²) >= 11 is 0. The number of allylic oxidation sites excluding steroid dienone is 4. The highest BCUT2D eigenvalue weighted by Gasteiger charge is 1.89. The van der Waals surface area contributed by atoms with Crippen LogP contribution < -0.4 is 0 Å². The first-order valence-corrected chi connectivity index (χ1v) is 3.56. The van der Waals surface area contributed by atoms with Crippen molar-refractivity contribution < 1.29 is 4.79 Å². The van der Waals surface area contributed by atoms with Crippen molar-refractivity contribution in [3.63, 3.8) is 0 Å². The van der Waals surface area contributed by atoms with Gasteiger partial charge in [-0.1, -0.05) is 18.2 Å². The van der Waals surface area contributed by atoms with Crippen LogP contribution >= 0.6 is 0 Å². The van der Waals surface area contributed by atoms with Gasteiger partial charge in [0.2, 0.25) is 0 Å². The molecule has 0 aromatic rings. The Morgan fingerprint density at radius 1 is 1.40 bits per heavy atom. The zero-order chi connectivity index (χ0) is 7.82. The zero-order valence-electron chi connectivity index (χ0n) is 6.63. The molecule has 0 aromatic carbocycles. The lowest BCUT2D eigenvalue weighted by Gasteiger charge is -1.91. The van der Waals surface area contributed by atoms with Crippen LogP contribution in [0.4, 0.5) is 0 Å². The summed E-state index contributed by atoms with van der Waals surface area (Å²) in [6.07, 6.45) is 8.67. The van der Waals surface area contributed by atoms with E-state index in [4.69, 9.17) is 0 Å². The highest BCUT2D eigenvalue weighted by atomic mass is 16.1. The molecule has 0 aromatic heterocycles. The van der Waals surface area contributed by atoms with Gasteiger partial charge < -0.3 is 0 Å². The summed E-state index contributed by atoms with van der Waals surface area (Å²) in [6.45, 7) is 3.87. The van der Waals surface area contributed by atoms with Gasteiger partial charge in [0.25, 0.3) is 0 Å². The first kappa shape index (κ1) is 9.15. The molecule has 0 radical (unpaired) electrons. The van der Waals surface area contributed by atoms with E-state index in [1.807, 2.05) is 26.0 Å². The molecule has 0 fully saturated rings. The van der Waals surface area contributed by atoms with Gasteiger partial charge in [0.15, 0.2) is 0 Å². The smallest absolute Gasteiger partial charge is 0.145 e. The maximum Gasteiger partial charge on any atom is 0.145 e. The van der Waals surface area contributed by atoms with Crippen molar-refractivity contribution in [3.8, 4) is 0 Å². The highest BCUT2D eigenvalue weighted by Crippen LogP contribution is 2.01. The molecular weight excluding hydrogens is 124 g/mol. The van der Waals surface area contributed by atoms with Crippen LogP contribution in [-0.4, -0.2) is 6.29 Å². The van der Waals surface area contributed by atoms with Gasteiger partial charge in [-0.15, -0.1) is 0 Å². The molecule has 10 heavy (non-hydrogen) atoms. The van der Waals surface area contributed by atoms with Crippen LogP contribution in [0.15, 0.2) is 23.8 Å². The molecule has 1 heteroatoms. The van der Waals surface area contributed by atoms with E-state index in [2.05, 4.69) is 6.08 Å². The standard InChI is InChI=1S/C9H14O/c1-3-5-6-7-9(4-2)8-10/h3-5,8H,6-7H2,1-2H3/b5-3?,9-4-. The third kappa shape index (κ3) is 4.07. The predicted molar refractivity (Wildman–Crippen MR) is 43.9 cm³/mol. The number of carbonyl (C=O) groups excluding carboxylic acids is 1. The quantitative estimate of drug-likeness (QED) is 0.331. The first-order valence-electron chi connectivity index (χ1n) is 3.56. The molecular formula is C9H14O. The minimum atomic E-state index is 0.865. The van der Waals surface area contributed by atoms with Crippen LogP contribution in [0.1, 0.15) is 26.7 Å². The maximum absolute atomic E-state index is 10.2. The molecule has 0 N–H and O–H groups in total. The summed E-state index contributed by atoms with van der Waals surface area (Å²) in [5, 5.41) is 0. The number of rotatable bonds is 4. The second-order valence-electron chi connectivity index (χ2n) is 2.09. The topological polar surface area (TPSA) is 17.1 Å². The van der Waals surface area contributed by atoms with Crippen molar-refractivity contribution in [1.82, 2.24) is 0 Å². The van der Waals surface area contributed by atoms with E-state index in [0.717, 1.165) is 24.7 Å². The second-order valence-corrected chi connectivity index (χ2v) is 2.09. The van der Waals surface area contributed by atoms with Crippen molar-refractivity contribution >= 4 is 6.29 Å². The molecule has 0 aliphatic carbocycles. The zero-order valence-corrected chi connectivity index (χ0v) is 6.63. The molecule has 0 bridgehead atoms. The van der Waals surface area contributed by atoms with E-state index < -0.39 is 0 Å². The molecule has 0 aliphatic rings. The Hall–Kier alpha value is -0.850. The molecule has 0 saturated carbocycles. The van der Waals surface area contributed by atoms with Gasteiger partial charge in [0, 0.05) is 0 Å². The van der Waals surface area contributed by atoms with Gasteiger partial charge >= 0.3 is 0 Å². The molecule has 0 unspecified atom stereocenters. The molecule has 0 spiro atoms. The number of aldehydes is 1. The third-order valence-electron chi connectivity index (χ3n) is 1.36. The Balaban J connectivity index is 3.56. The van der Waals surface area contributed by atoms with Gasteiger partial charge in [0.05, 0.1) is 0 Å². The van der Waals surface area contributed by atoms with E-state index in [0.29, 0.717) is 0 Å². The summed E-state index contributed by atoms with van der Waals surface area (Å²) in [5.41, 5.74) is 0.887. The van der Waals surface area contributed by atoms with Crippen molar-refractivity contribution in [3.05, 3.63) is 23.8 Å². The number of hydrogen-bond donors (Lipinski definition) is 0. The van der Waals surface area contributed by atoms with Crippen LogP contribution in [0.5, 0.6) is 0 Å². The minimum Gasteiger partial charge on any atom is -0.298 e. The van der Waals surface area contributed by atoms with Gasteiger partial charge in [0.1, 0.15) is 6.29 Å². The lowest BCUT2D eigenvalue weighted by molar-refractivity contribution is -0.105. The van der Waals surface area contributed by atoms with E-state index in [-0.39, 0.29) is 0 Å². The SMILES string of the molecule is CC=CCC/C(C=O)=C/C. The molecule has 0 atom stereocenters. The summed E-state index contributed by atoms with van der Waals surface area (Å²) in [4.78, 5) is 10.2. The lowest BCUT2D eigenvalue weighted by Crippen LogP contribution is -1.82. The van der Waals surface area contributed by atoms with Gasteiger partial charge in [-0.25, -0.2) is 0 Å². The summed E-state index contributed by atoms with van der Waals surface area (Å²) < 4.78 is 0. The van der Waals surface area contributed by atoms with E-state index in [1.165, 1.54) is 0 Å². The van der Waals surface area contributed by atoms with E-state index in [9.17, 15) is 4.79 Å². The Bertz CT molecular complexity index is 143. The molecule has 0 aliphatic heterocycles. The Morgan fingerprint density at radius 2 is 2.10 bits per heavy atom. The largest absolute Gasteiger partial charge is 0.298 e. The average molecular weight is 138 g/mol. The van der Waals surface area contributed by atoms with Gasteiger partial charge in [-0.2, -0.15) is 0 Å². The van der Waals surface area contributed by atoms with Crippen LogP contribution in [-0.2, 0) is 4.79 Å². The van der Waals surface area contributed by atoms with Gasteiger partial charge in [-0.05, 0) is 32.3 Å². The predicted octanol–water partition coefficient (Wildman–Crippen LogP) is 2.49. The molecule has 0 rings (SSSR count). The Labute approximate surface area is 62.4 Å². The van der Waals surface area contributed by atoms with Gasteiger partial charge in [-0.3, -0.25) is 4.79 Å². The fraction of sp³-hybridized carbons (Fsp3) is 0.444. The van der Waals surface area contributed by atoms with Crippen LogP contribution in [0, 0.1) is 0 Å². The fourth-order valence-electron chi connectivity index (χ4n) is 0.688. The molecule has 1 nitrogen and oxygen atoms in total. The average Bonchev–Trinajstić information content (AvgIpc) is 1.99. The number of carbonyl (C=O) groups is 1. The second kappa shape index (κ2) is 6.27. The van der Waals surface area contributed by atoms with Crippen LogP contribution in [0.3, 0.4) is 0 Å². The van der Waals surface area contributed by atoms with Crippen molar-refractivity contribution in [2.24, 2.45) is 0 Å². The first-order chi connectivity index (χ1) is 4.85. The van der Waals surface area contributed by atoms with Crippen molar-refractivity contribution in [2.75, 3.05) is 0 Å². The third-order valence-corrected chi connectivity index (χ3v) is 1.36. The summed E-state index contributed by atoms with van der Waals surface area (Å²) in [6, 6.07) is 0. The van der Waals surface area contributed by atoms with E-state index in [1.54, 1.807) is 0 Å². The molecule has 0 saturated heterocycles. The monoisotopic (exact) mass is 138 g/mol. The molecule has 0 heterocycles. The van der Waals surface area contributed by atoms with E-state index >= 15 is 0 Å². The maximum atomic E-state index is 10.2. The molecule has 56 valence electrons. The van der Waals surface area contributed by atoms with Crippen molar-refractivity contribution in [1.29, 1.82) is 0 Å². The fourth-order valence-corrected chi connectivity index (χ4v) is 0.688. The Morgan fingerprint density at radius 3 is 2.50 bits per heavy atom.